The van der Waals surface area contributed by atoms with Crippen LogP contribution < -0.4 is 5.73 Å². The average Bonchev–Trinajstić information content (AvgIpc) is 2.65. The smallest absolute Gasteiger partial charge is 0.285 e. The SMILES string of the molecule is CC1CCCCCN1C(=O)c1cc(N)c(F)cc1[N+](=O)[O-]. The lowest BCUT2D eigenvalue weighted by atomic mass is 10.1. The topological polar surface area (TPSA) is 89.5 Å². The van der Waals surface area contributed by atoms with E-state index in [1.165, 1.54) is 0 Å². The van der Waals surface area contributed by atoms with Gasteiger partial charge in [0, 0.05) is 12.6 Å². The maximum Gasteiger partial charge on any atom is 0.285 e. The zero-order valence-corrected chi connectivity index (χ0v) is 11.8. The number of hydrogen-bond acceptors (Lipinski definition) is 4. The molecule has 1 aliphatic heterocycles. The van der Waals surface area contributed by atoms with Crippen molar-refractivity contribution in [3.63, 3.8) is 0 Å². The lowest BCUT2D eigenvalue weighted by Gasteiger charge is -2.27. The number of amides is 1. The molecule has 21 heavy (non-hydrogen) atoms. The van der Waals surface area contributed by atoms with Crippen LogP contribution in [0.15, 0.2) is 12.1 Å². The van der Waals surface area contributed by atoms with Crippen LogP contribution in [-0.2, 0) is 0 Å². The number of nitrogen functional groups attached to an aromatic ring is 1. The Labute approximate surface area is 121 Å². The summed E-state index contributed by atoms with van der Waals surface area (Å²) in [4.78, 5) is 24.5. The third-order valence-corrected chi connectivity index (χ3v) is 3.86. The van der Waals surface area contributed by atoms with E-state index in [4.69, 9.17) is 5.73 Å². The Morgan fingerprint density at radius 3 is 2.81 bits per heavy atom. The number of nitrogens with two attached hydrogens (primary N) is 1. The van der Waals surface area contributed by atoms with Crippen LogP contribution in [0.2, 0.25) is 0 Å². The van der Waals surface area contributed by atoms with Gasteiger partial charge in [-0.05, 0) is 25.8 Å². The summed E-state index contributed by atoms with van der Waals surface area (Å²) in [6.07, 6.45) is 3.77. The van der Waals surface area contributed by atoms with Crippen LogP contribution in [0.25, 0.3) is 0 Å². The molecule has 1 saturated heterocycles. The quantitative estimate of drug-likeness (QED) is 0.516. The molecule has 0 saturated carbocycles. The van der Waals surface area contributed by atoms with E-state index < -0.39 is 22.3 Å². The van der Waals surface area contributed by atoms with E-state index in [-0.39, 0.29) is 17.3 Å². The standard InChI is InChI=1S/C14H18FN3O3/c1-9-5-3-2-4-6-17(9)14(19)10-7-12(16)11(15)8-13(10)18(20)21/h7-9H,2-6,16H2,1H3. The van der Waals surface area contributed by atoms with Gasteiger partial charge in [0.2, 0.25) is 0 Å². The van der Waals surface area contributed by atoms with Crippen molar-refractivity contribution < 1.29 is 14.1 Å². The highest BCUT2D eigenvalue weighted by Crippen LogP contribution is 2.27. The van der Waals surface area contributed by atoms with Gasteiger partial charge in [0.15, 0.2) is 5.82 Å². The molecule has 1 atom stereocenters. The predicted molar refractivity (Wildman–Crippen MR) is 76.4 cm³/mol. The molecule has 1 amide bonds. The number of rotatable bonds is 2. The van der Waals surface area contributed by atoms with Crippen LogP contribution >= 0.6 is 0 Å². The Morgan fingerprint density at radius 1 is 1.43 bits per heavy atom. The van der Waals surface area contributed by atoms with Gasteiger partial charge in [-0.25, -0.2) is 4.39 Å². The first-order chi connectivity index (χ1) is 9.91. The van der Waals surface area contributed by atoms with E-state index in [0.717, 1.165) is 31.7 Å². The van der Waals surface area contributed by atoms with Crippen molar-refractivity contribution in [2.75, 3.05) is 12.3 Å². The molecule has 0 aliphatic carbocycles. The van der Waals surface area contributed by atoms with Gasteiger partial charge in [-0.2, -0.15) is 0 Å². The normalized spacial score (nSPS) is 19.1. The van der Waals surface area contributed by atoms with Crippen molar-refractivity contribution in [2.45, 2.75) is 38.6 Å². The molecule has 1 unspecified atom stereocenters. The number of nitrogens with zero attached hydrogens (tertiary/aromatic N) is 2. The monoisotopic (exact) mass is 295 g/mol. The third kappa shape index (κ3) is 3.12. The fourth-order valence-corrected chi connectivity index (χ4v) is 2.63. The summed E-state index contributed by atoms with van der Waals surface area (Å²) in [6.45, 7) is 2.47. The molecular weight excluding hydrogens is 277 g/mol. The maximum absolute atomic E-state index is 13.4. The summed E-state index contributed by atoms with van der Waals surface area (Å²) < 4.78 is 13.4. The molecule has 1 aliphatic rings. The molecule has 6 nitrogen and oxygen atoms in total. The van der Waals surface area contributed by atoms with Gasteiger partial charge in [-0.3, -0.25) is 14.9 Å². The second-order valence-electron chi connectivity index (χ2n) is 5.34. The zero-order valence-electron chi connectivity index (χ0n) is 11.8. The lowest BCUT2D eigenvalue weighted by molar-refractivity contribution is -0.385. The van der Waals surface area contributed by atoms with Crippen molar-refractivity contribution in [3.8, 4) is 0 Å². The maximum atomic E-state index is 13.4. The molecular formula is C14H18FN3O3. The van der Waals surface area contributed by atoms with E-state index in [1.54, 1.807) is 4.90 Å². The van der Waals surface area contributed by atoms with Crippen LogP contribution in [-0.4, -0.2) is 28.3 Å². The van der Waals surface area contributed by atoms with Crippen LogP contribution in [0.5, 0.6) is 0 Å². The Balaban J connectivity index is 2.42. The fraction of sp³-hybridized carbons (Fsp3) is 0.500. The number of carbonyl (C=O) groups is 1. The zero-order chi connectivity index (χ0) is 15.6. The van der Waals surface area contributed by atoms with Gasteiger partial charge < -0.3 is 10.6 Å². The molecule has 1 fully saturated rings. The number of halogens is 1. The first kappa shape index (κ1) is 15.2. The molecule has 0 bridgehead atoms. The first-order valence-electron chi connectivity index (χ1n) is 6.96. The average molecular weight is 295 g/mol. The number of benzene rings is 1. The second-order valence-corrected chi connectivity index (χ2v) is 5.34. The summed E-state index contributed by atoms with van der Waals surface area (Å²) in [5.41, 5.74) is 4.51. The van der Waals surface area contributed by atoms with Crippen molar-refractivity contribution in [1.82, 2.24) is 4.90 Å². The van der Waals surface area contributed by atoms with Crippen LogP contribution in [0.4, 0.5) is 15.8 Å². The molecule has 2 rings (SSSR count). The first-order valence-corrected chi connectivity index (χ1v) is 6.96. The van der Waals surface area contributed by atoms with Crippen LogP contribution in [0.3, 0.4) is 0 Å². The fourth-order valence-electron chi connectivity index (χ4n) is 2.63. The van der Waals surface area contributed by atoms with Crippen LogP contribution in [0.1, 0.15) is 43.0 Å². The van der Waals surface area contributed by atoms with Crippen molar-refractivity contribution >= 4 is 17.3 Å². The van der Waals surface area contributed by atoms with Crippen molar-refractivity contribution in [2.24, 2.45) is 0 Å². The molecule has 1 aromatic rings. The number of carbonyl (C=O) groups excluding carboxylic acids is 1. The lowest BCUT2D eigenvalue weighted by Crippen LogP contribution is -2.38. The molecule has 0 spiro atoms. The number of likely N-dealkylation sites (tertiary alicyclic amines) is 1. The highest BCUT2D eigenvalue weighted by molar-refractivity contribution is 5.99. The third-order valence-electron chi connectivity index (χ3n) is 3.86. The number of nitro groups is 1. The summed E-state index contributed by atoms with van der Waals surface area (Å²) in [5, 5.41) is 11.0. The van der Waals surface area contributed by atoms with E-state index in [1.807, 2.05) is 6.92 Å². The Hall–Kier alpha value is -2.18. The predicted octanol–water partition coefficient (Wildman–Crippen LogP) is 2.72. The van der Waals surface area contributed by atoms with E-state index in [0.29, 0.717) is 12.6 Å². The van der Waals surface area contributed by atoms with E-state index in [9.17, 15) is 19.3 Å². The van der Waals surface area contributed by atoms with Gasteiger partial charge in [0.1, 0.15) is 5.56 Å². The minimum Gasteiger partial charge on any atom is -0.396 e. The highest BCUT2D eigenvalue weighted by atomic mass is 19.1. The molecule has 1 heterocycles. The highest BCUT2D eigenvalue weighted by Gasteiger charge is 2.29. The Kier molecular flexibility index (Phi) is 4.40. The van der Waals surface area contributed by atoms with Gasteiger partial charge in [0.25, 0.3) is 11.6 Å². The molecule has 1 aromatic carbocycles. The molecule has 0 aromatic heterocycles. The second kappa shape index (κ2) is 6.07. The molecule has 114 valence electrons. The summed E-state index contributed by atoms with van der Waals surface area (Å²) >= 11 is 0. The molecule has 7 heteroatoms. The minimum absolute atomic E-state index is 0.00545. The number of nitro benzene ring substituents is 1. The molecule has 2 N–H and O–H groups in total. The van der Waals surface area contributed by atoms with E-state index >= 15 is 0 Å². The summed E-state index contributed by atoms with van der Waals surface area (Å²) in [5.74, 6) is -1.34. The van der Waals surface area contributed by atoms with Gasteiger partial charge in [-0.15, -0.1) is 0 Å². The van der Waals surface area contributed by atoms with Crippen molar-refractivity contribution in [3.05, 3.63) is 33.6 Å². The van der Waals surface area contributed by atoms with Gasteiger partial charge in [-0.1, -0.05) is 12.8 Å². The summed E-state index contributed by atoms with van der Waals surface area (Å²) in [7, 11) is 0. The Bertz CT molecular complexity index is 577. The largest absolute Gasteiger partial charge is 0.396 e. The minimum atomic E-state index is -0.887. The number of anilines is 1. The Morgan fingerprint density at radius 2 is 2.14 bits per heavy atom. The number of hydrogen-bond donors (Lipinski definition) is 1. The van der Waals surface area contributed by atoms with E-state index in [2.05, 4.69) is 0 Å². The van der Waals surface area contributed by atoms with Crippen LogP contribution in [0, 0.1) is 15.9 Å². The molecule has 0 radical (unpaired) electrons. The van der Waals surface area contributed by atoms with Gasteiger partial charge in [0.05, 0.1) is 16.7 Å². The van der Waals surface area contributed by atoms with Gasteiger partial charge >= 0.3 is 0 Å². The summed E-state index contributed by atoms with van der Waals surface area (Å²) in [6, 6.07) is 1.78. The van der Waals surface area contributed by atoms with Crippen molar-refractivity contribution in [1.29, 1.82) is 0 Å².